The predicted octanol–water partition coefficient (Wildman–Crippen LogP) is 2.64. The molecule has 0 saturated heterocycles. The number of hydrogen-bond donors (Lipinski definition) is 1. The van der Waals surface area contributed by atoms with Gasteiger partial charge in [0.25, 0.3) is 5.91 Å². The van der Waals surface area contributed by atoms with Gasteiger partial charge in [-0.2, -0.15) is 0 Å². The van der Waals surface area contributed by atoms with Gasteiger partial charge in [-0.15, -0.1) is 0 Å². The van der Waals surface area contributed by atoms with E-state index in [9.17, 15) is 4.79 Å². The second kappa shape index (κ2) is 4.91. The summed E-state index contributed by atoms with van der Waals surface area (Å²) in [6.45, 7) is 1.94. The van der Waals surface area contributed by atoms with E-state index in [2.05, 4.69) is 10.3 Å². The summed E-state index contributed by atoms with van der Waals surface area (Å²) in [7, 11) is 0. The van der Waals surface area contributed by atoms with Crippen LogP contribution in [-0.2, 0) is 12.8 Å². The average Bonchev–Trinajstić information content (AvgIpc) is 3.07. The fourth-order valence-corrected chi connectivity index (χ4v) is 2.57. The van der Waals surface area contributed by atoms with Crippen molar-refractivity contribution >= 4 is 5.91 Å². The van der Waals surface area contributed by atoms with E-state index < -0.39 is 0 Å². The number of rotatable bonds is 3. The number of fused-ring (bicyclic) bond motifs is 1. The Morgan fingerprint density at radius 2 is 2.42 bits per heavy atom. The standard InChI is InChI=1S/C14H16N2O3/c1-2-11-13(15-8-19-11)14(17)16-10-4-3-5-12-9(10)6-7-18-12/h6-8,10H,2-5H2,1H3,(H,16,17). The van der Waals surface area contributed by atoms with E-state index in [1.54, 1.807) is 6.26 Å². The molecule has 1 N–H and O–H groups in total. The van der Waals surface area contributed by atoms with E-state index in [-0.39, 0.29) is 11.9 Å². The second-order valence-corrected chi connectivity index (χ2v) is 4.70. The first-order chi connectivity index (χ1) is 9.29. The highest BCUT2D eigenvalue weighted by Crippen LogP contribution is 2.30. The molecule has 1 aliphatic carbocycles. The maximum atomic E-state index is 12.2. The van der Waals surface area contributed by atoms with Gasteiger partial charge in [0.1, 0.15) is 11.5 Å². The number of carbonyl (C=O) groups is 1. The predicted molar refractivity (Wildman–Crippen MR) is 67.7 cm³/mol. The summed E-state index contributed by atoms with van der Waals surface area (Å²) in [6, 6.07) is 1.94. The molecule has 1 atom stereocenters. The van der Waals surface area contributed by atoms with Crippen molar-refractivity contribution in [3.8, 4) is 0 Å². The fourth-order valence-electron chi connectivity index (χ4n) is 2.57. The van der Waals surface area contributed by atoms with E-state index >= 15 is 0 Å². The Hall–Kier alpha value is -2.04. The zero-order valence-corrected chi connectivity index (χ0v) is 10.8. The normalized spacial score (nSPS) is 18.1. The van der Waals surface area contributed by atoms with Crippen LogP contribution in [0.1, 0.15) is 53.4 Å². The number of nitrogens with one attached hydrogen (secondary N) is 1. The Morgan fingerprint density at radius 3 is 3.26 bits per heavy atom. The van der Waals surface area contributed by atoms with Gasteiger partial charge in [0, 0.05) is 18.4 Å². The highest BCUT2D eigenvalue weighted by molar-refractivity contribution is 5.93. The summed E-state index contributed by atoms with van der Waals surface area (Å²) in [4.78, 5) is 16.2. The van der Waals surface area contributed by atoms with E-state index in [4.69, 9.17) is 8.83 Å². The molecule has 0 aromatic carbocycles. The molecule has 5 heteroatoms. The molecule has 1 aliphatic rings. The highest BCUT2D eigenvalue weighted by Gasteiger charge is 2.26. The van der Waals surface area contributed by atoms with E-state index in [0.717, 1.165) is 30.6 Å². The van der Waals surface area contributed by atoms with E-state index in [1.807, 2.05) is 13.0 Å². The third-order valence-electron chi connectivity index (χ3n) is 3.53. The zero-order valence-electron chi connectivity index (χ0n) is 10.8. The number of oxazole rings is 1. The SMILES string of the molecule is CCc1ocnc1C(=O)NC1CCCc2occc21. The summed E-state index contributed by atoms with van der Waals surface area (Å²) in [5.74, 6) is 1.43. The minimum absolute atomic E-state index is 0.0106. The molecule has 0 fully saturated rings. The van der Waals surface area contributed by atoms with Crippen LogP contribution in [0.2, 0.25) is 0 Å². The summed E-state index contributed by atoms with van der Waals surface area (Å²) >= 11 is 0. The van der Waals surface area contributed by atoms with Crippen LogP contribution in [0.25, 0.3) is 0 Å². The van der Waals surface area contributed by atoms with Crippen LogP contribution in [0.4, 0.5) is 0 Å². The van der Waals surface area contributed by atoms with Crippen LogP contribution in [0.15, 0.2) is 27.6 Å². The molecule has 1 amide bonds. The van der Waals surface area contributed by atoms with Crippen molar-refractivity contribution in [3.63, 3.8) is 0 Å². The lowest BCUT2D eigenvalue weighted by molar-refractivity contribution is 0.0926. The van der Waals surface area contributed by atoms with Gasteiger partial charge in [0.2, 0.25) is 0 Å². The van der Waals surface area contributed by atoms with Gasteiger partial charge >= 0.3 is 0 Å². The van der Waals surface area contributed by atoms with Crippen molar-refractivity contribution in [2.45, 2.75) is 38.6 Å². The molecule has 1 unspecified atom stereocenters. The summed E-state index contributed by atoms with van der Waals surface area (Å²) < 4.78 is 10.6. The molecule has 0 spiro atoms. The number of amides is 1. The monoisotopic (exact) mass is 260 g/mol. The summed E-state index contributed by atoms with van der Waals surface area (Å²) in [6.07, 6.45) is 6.55. The van der Waals surface area contributed by atoms with Gasteiger partial charge < -0.3 is 14.2 Å². The summed E-state index contributed by atoms with van der Waals surface area (Å²) in [5, 5.41) is 3.02. The molecule has 2 aromatic rings. The first-order valence-electron chi connectivity index (χ1n) is 6.59. The molecule has 0 aliphatic heterocycles. The quantitative estimate of drug-likeness (QED) is 0.921. The Labute approximate surface area is 111 Å². The number of furan rings is 1. The van der Waals surface area contributed by atoms with Gasteiger partial charge in [0.05, 0.1) is 12.3 Å². The molecular weight excluding hydrogens is 244 g/mol. The largest absolute Gasteiger partial charge is 0.469 e. The Balaban J connectivity index is 1.78. The van der Waals surface area contributed by atoms with Crippen LogP contribution in [0.5, 0.6) is 0 Å². The molecule has 3 rings (SSSR count). The second-order valence-electron chi connectivity index (χ2n) is 4.70. The first-order valence-corrected chi connectivity index (χ1v) is 6.59. The third-order valence-corrected chi connectivity index (χ3v) is 3.53. The Morgan fingerprint density at radius 1 is 1.53 bits per heavy atom. The highest BCUT2D eigenvalue weighted by atomic mass is 16.3. The minimum atomic E-state index is -0.176. The van der Waals surface area contributed by atoms with Crippen molar-refractivity contribution < 1.29 is 13.6 Å². The molecule has 19 heavy (non-hydrogen) atoms. The van der Waals surface area contributed by atoms with Gasteiger partial charge in [0.15, 0.2) is 12.1 Å². The Bertz CT molecular complexity index is 585. The summed E-state index contributed by atoms with van der Waals surface area (Å²) in [5.41, 5.74) is 1.47. The van der Waals surface area contributed by atoms with Crippen LogP contribution in [-0.4, -0.2) is 10.9 Å². The maximum absolute atomic E-state index is 12.2. The molecule has 100 valence electrons. The van der Waals surface area contributed by atoms with Gasteiger partial charge in [-0.3, -0.25) is 4.79 Å². The van der Waals surface area contributed by atoms with Crippen LogP contribution in [0, 0.1) is 0 Å². The van der Waals surface area contributed by atoms with Gasteiger partial charge in [-0.25, -0.2) is 4.98 Å². The van der Waals surface area contributed by atoms with Crippen LogP contribution in [0.3, 0.4) is 0 Å². The van der Waals surface area contributed by atoms with Crippen LogP contribution < -0.4 is 5.32 Å². The zero-order chi connectivity index (χ0) is 13.2. The molecule has 0 saturated carbocycles. The van der Waals surface area contributed by atoms with Crippen molar-refractivity contribution in [1.29, 1.82) is 0 Å². The third kappa shape index (κ3) is 2.16. The van der Waals surface area contributed by atoms with Crippen molar-refractivity contribution in [2.24, 2.45) is 0 Å². The van der Waals surface area contributed by atoms with Gasteiger partial charge in [-0.05, 0) is 18.9 Å². The molecule has 0 bridgehead atoms. The molecule has 5 nitrogen and oxygen atoms in total. The Kier molecular flexibility index (Phi) is 3.11. The lowest BCUT2D eigenvalue weighted by Crippen LogP contribution is -2.31. The topological polar surface area (TPSA) is 68.3 Å². The number of nitrogens with zero attached hydrogens (tertiary/aromatic N) is 1. The lowest BCUT2D eigenvalue weighted by atomic mass is 9.93. The van der Waals surface area contributed by atoms with E-state index in [0.29, 0.717) is 17.9 Å². The molecule has 0 radical (unpaired) electrons. The van der Waals surface area contributed by atoms with E-state index in [1.165, 1.54) is 6.39 Å². The van der Waals surface area contributed by atoms with Gasteiger partial charge in [-0.1, -0.05) is 6.92 Å². The maximum Gasteiger partial charge on any atom is 0.274 e. The molecule has 2 heterocycles. The first kappa shape index (κ1) is 12.0. The van der Waals surface area contributed by atoms with Crippen molar-refractivity contribution in [2.75, 3.05) is 0 Å². The lowest BCUT2D eigenvalue weighted by Gasteiger charge is -2.22. The number of hydrogen-bond acceptors (Lipinski definition) is 4. The number of aryl methyl sites for hydroxylation is 2. The smallest absolute Gasteiger partial charge is 0.274 e. The molecule has 2 aromatic heterocycles. The van der Waals surface area contributed by atoms with Crippen molar-refractivity contribution in [3.05, 3.63) is 41.5 Å². The minimum Gasteiger partial charge on any atom is -0.469 e. The average molecular weight is 260 g/mol. The van der Waals surface area contributed by atoms with Crippen molar-refractivity contribution in [1.82, 2.24) is 10.3 Å². The van der Waals surface area contributed by atoms with Crippen LogP contribution >= 0.6 is 0 Å². The number of carbonyl (C=O) groups excluding carboxylic acids is 1. The fraction of sp³-hybridized carbons (Fsp3) is 0.429. The number of aromatic nitrogens is 1. The molecular formula is C14H16N2O3.